The van der Waals surface area contributed by atoms with Gasteiger partial charge >= 0.3 is 12.4 Å². The molecule has 1 heterocycles. The third-order valence-electron chi connectivity index (χ3n) is 2.77. The van der Waals surface area contributed by atoms with Crippen LogP contribution in [-0.4, -0.2) is 29.8 Å². The zero-order chi connectivity index (χ0) is 16.7. The van der Waals surface area contributed by atoms with Crippen LogP contribution >= 0.6 is 0 Å². The number of benzene rings is 1. The number of anilines is 1. The Bertz CT molecular complexity index is 635. The molecule has 1 aromatic carbocycles. The van der Waals surface area contributed by atoms with Gasteiger partial charge in [0, 0.05) is 0 Å². The number of hydrogen-bond acceptors (Lipinski definition) is 3. The van der Waals surface area contributed by atoms with Gasteiger partial charge in [0.2, 0.25) is 0 Å². The molecule has 10 heteroatoms. The topological polar surface area (TPSA) is 49.7 Å². The number of hydrazone groups is 1. The van der Waals surface area contributed by atoms with Crippen molar-refractivity contribution in [3.8, 4) is 0 Å². The van der Waals surface area contributed by atoms with Crippen LogP contribution in [0.4, 0.5) is 32.0 Å². The van der Waals surface area contributed by atoms with Crippen LogP contribution < -0.4 is 5.01 Å². The van der Waals surface area contributed by atoms with E-state index in [1.54, 1.807) is 0 Å². The largest absolute Gasteiger partial charge is 0.451 e. The number of alkyl halides is 6. The Morgan fingerprint density at radius 3 is 2.05 bits per heavy atom. The number of hydrogen-bond donors (Lipinski definition) is 0. The minimum Gasteiger partial charge on any atom is -0.288 e. The van der Waals surface area contributed by atoms with Crippen molar-refractivity contribution in [1.29, 1.82) is 0 Å². The Morgan fingerprint density at radius 2 is 1.59 bits per heavy atom. The molecule has 0 saturated carbocycles. The number of nitrogens with zero attached hydrogens (tertiary/aromatic N) is 2. The van der Waals surface area contributed by atoms with E-state index < -0.39 is 35.7 Å². The molecule has 0 fully saturated rings. The molecular weight excluding hydrogens is 318 g/mol. The maximum absolute atomic E-state index is 12.8. The number of rotatable bonds is 2. The molecule has 0 spiro atoms. The van der Waals surface area contributed by atoms with E-state index in [4.69, 9.17) is 0 Å². The summed E-state index contributed by atoms with van der Waals surface area (Å²) in [5, 5.41) is 3.03. The van der Waals surface area contributed by atoms with Gasteiger partial charge in [0.1, 0.15) is 0 Å². The molecule has 0 saturated heterocycles. The summed E-state index contributed by atoms with van der Waals surface area (Å²) in [5.74, 6) is -7.53. The fourth-order valence-electron chi connectivity index (χ4n) is 1.83. The molecule has 1 aliphatic rings. The molecular formula is C12H6F6N2O2. The van der Waals surface area contributed by atoms with Gasteiger partial charge in [-0.3, -0.25) is 9.59 Å². The number of carbonyl (C=O) groups excluding carboxylic acids is 2. The van der Waals surface area contributed by atoms with E-state index in [0.717, 1.165) is 0 Å². The first-order valence-electron chi connectivity index (χ1n) is 5.69. The molecule has 2 rings (SSSR count). The second-order valence-electron chi connectivity index (χ2n) is 4.26. The van der Waals surface area contributed by atoms with Crippen molar-refractivity contribution in [3.63, 3.8) is 0 Å². The predicted molar refractivity (Wildman–Crippen MR) is 62.0 cm³/mol. The van der Waals surface area contributed by atoms with Gasteiger partial charge in [-0.1, -0.05) is 18.2 Å². The number of Topliss-reactive ketones (excluding diaryl/α,β-unsaturated/α-hetero) is 1. The highest BCUT2D eigenvalue weighted by Crippen LogP contribution is 2.35. The van der Waals surface area contributed by atoms with Gasteiger partial charge in [-0.15, -0.1) is 0 Å². The molecule has 0 bridgehead atoms. The Hall–Kier alpha value is -2.39. The van der Waals surface area contributed by atoms with Gasteiger partial charge in [-0.05, 0) is 12.1 Å². The molecule has 1 aromatic rings. The first-order valence-corrected chi connectivity index (χ1v) is 5.69. The highest BCUT2D eigenvalue weighted by Gasteiger charge is 2.59. The Kier molecular flexibility index (Phi) is 3.71. The van der Waals surface area contributed by atoms with Crippen LogP contribution in [0, 0.1) is 5.92 Å². The third kappa shape index (κ3) is 2.81. The van der Waals surface area contributed by atoms with Crippen LogP contribution in [-0.2, 0) is 9.59 Å². The molecule has 1 aliphatic heterocycles. The van der Waals surface area contributed by atoms with E-state index in [1.807, 2.05) is 0 Å². The van der Waals surface area contributed by atoms with Gasteiger partial charge in [-0.25, -0.2) is 0 Å². The Morgan fingerprint density at radius 1 is 1.05 bits per heavy atom. The molecule has 118 valence electrons. The first-order chi connectivity index (χ1) is 10.0. The number of para-hydroxylation sites is 1. The van der Waals surface area contributed by atoms with Crippen molar-refractivity contribution in [2.24, 2.45) is 11.0 Å². The molecule has 0 aromatic heterocycles. The fourth-order valence-corrected chi connectivity index (χ4v) is 1.83. The van der Waals surface area contributed by atoms with Crippen molar-refractivity contribution in [2.75, 3.05) is 5.01 Å². The lowest BCUT2D eigenvalue weighted by Crippen LogP contribution is -2.44. The first kappa shape index (κ1) is 16.0. The zero-order valence-corrected chi connectivity index (χ0v) is 10.4. The smallest absolute Gasteiger partial charge is 0.288 e. The molecule has 22 heavy (non-hydrogen) atoms. The summed E-state index contributed by atoms with van der Waals surface area (Å²) in [7, 11) is 0. The Balaban J connectivity index is 2.50. The van der Waals surface area contributed by atoms with E-state index in [1.165, 1.54) is 30.3 Å². The predicted octanol–water partition coefficient (Wildman–Crippen LogP) is 2.70. The highest BCUT2D eigenvalue weighted by atomic mass is 19.4. The Labute approximate surface area is 119 Å². The summed E-state index contributed by atoms with van der Waals surface area (Å²) < 4.78 is 75.6. The van der Waals surface area contributed by atoms with Gasteiger partial charge < -0.3 is 0 Å². The van der Waals surface area contributed by atoms with Gasteiger partial charge in [0.25, 0.3) is 11.7 Å². The van der Waals surface area contributed by atoms with Crippen molar-refractivity contribution in [3.05, 3.63) is 30.3 Å². The van der Waals surface area contributed by atoms with Gasteiger partial charge in [0.15, 0.2) is 11.6 Å². The monoisotopic (exact) mass is 324 g/mol. The van der Waals surface area contributed by atoms with E-state index in [0.29, 0.717) is 0 Å². The van der Waals surface area contributed by atoms with E-state index in [-0.39, 0.29) is 10.7 Å². The summed E-state index contributed by atoms with van der Waals surface area (Å²) in [4.78, 5) is 23.0. The number of carbonyl (C=O) groups is 2. The summed E-state index contributed by atoms with van der Waals surface area (Å²) in [5.41, 5.74) is -2.25. The van der Waals surface area contributed by atoms with Gasteiger partial charge in [-0.2, -0.15) is 36.5 Å². The van der Waals surface area contributed by atoms with Crippen LogP contribution in [0.1, 0.15) is 0 Å². The lowest BCUT2D eigenvalue weighted by atomic mass is 9.97. The molecule has 1 unspecified atom stereocenters. The third-order valence-corrected chi connectivity index (χ3v) is 2.77. The highest BCUT2D eigenvalue weighted by molar-refractivity contribution is 6.29. The average Bonchev–Trinajstić information content (AvgIpc) is 2.75. The van der Waals surface area contributed by atoms with Crippen LogP contribution in [0.15, 0.2) is 35.4 Å². The van der Waals surface area contributed by atoms with Crippen molar-refractivity contribution < 1.29 is 35.9 Å². The number of amides is 1. The zero-order valence-electron chi connectivity index (χ0n) is 10.4. The SMILES string of the molecule is O=C1C(C(=O)C(F)(F)F)C(C(F)(F)F)=NN1c1ccccc1. The van der Waals surface area contributed by atoms with Crippen LogP contribution in [0.3, 0.4) is 0 Å². The standard InChI is InChI=1S/C12H6F6N2O2/c13-11(14,15)8-7(9(21)12(16,17)18)10(22)20(19-8)6-4-2-1-3-5-6/h1-5,7H. The van der Waals surface area contributed by atoms with Crippen LogP contribution in [0.25, 0.3) is 0 Å². The number of ketones is 1. The molecule has 0 N–H and O–H groups in total. The lowest BCUT2D eigenvalue weighted by molar-refractivity contribution is -0.175. The van der Waals surface area contributed by atoms with Crippen LogP contribution in [0.2, 0.25) is 0 Å². The quantitative estimate of drug-likeness (QED) is 0.620. The van der Waals surface area contributed by atoms with Gasteiger partial charge in [0.05, 0.1) is 5.69 Å². The van der Waals surface area contributed by atoms with E-state index >= 15 is 0 Å². The maximum Gasteiger partial charge on any atom is 0.451 e. The summed E-state index contributed by atoms with van der Waals surface area (Å²) in [6.07, 6.45) is -10.9. The molecule has 4 nitrogen and oxygen atoms in total. The van der Waals surface area contributed by atoms with Crippen LogP contribution in [0.5, 0.6) is 0 Å². The molecule has 1 amide bonds. The average molecular weight is 324 g/mol. The second-order valence-corrected chi connectivity index (χ2v) is 4.26. The molecule has 0 radical (unpaired) electrons. The fraction of sp³-hybridized carbons (Fsp3) is 0.250. The number of halogens is 6. The van der Waals surface area contributed by atoms with Crippen molar-refractivity contribution >= 4 is 23.1 Å². The minimum atomic E-state index is -5.58. The minimum absolute atomic E-state index is 0.150. The maximum atomic E-state index is 12.8. The van der Waals surface area contributed by atoms with E-state index in [2.05, 4.69) is 5.10 Å². The summed E-state index contributed by atoms with van der Waals surface area (Å²) >= 11 is 0. The van der Waals surface area contributed by atoms with E-state index in [9.17, 15) is 35.9 Å². The van der Waals surface area contributed by atoms with Crippen molar-refractivity contribution in [1.82, 2.24) is 0 Å². The van der Waals surface area contributed by atoms with Crippen molar-refractivity contribution in [2.45, 2.75) is 12.4 Å². The summed E-state index contributed by atoms with van der Waals surface area (Å²) in [6, 6.07) is 6.54. The molecule has 1 atom stereocenters. The summed E-state index contributed by atoms with van der Waals surface area (Å²) in [6.45, 7) is 0. The second kappa shape index (κ2) is 5.11. The molecule has 0 aliphatic carbocycles. The lowest BCUT2D eigenvalue weighted by Gasteiger charge is -2.15. The normalized spacial score (nSPS) is 19.4.